The molecule has 0 radical (unpaired) electrons. The van der Waals surface area contributed by atoms with E-state index in [1.807, 2.05) is 48.5 Å². The maximum absolute atomic E-state index is 13.8. The van der Waals surface area contributed by atoms with Gasteiger partial charge in [-0.05, 0) is 42.3 Å². The molecule has 164 valence electrons. The van der Waals surface area contributed by atoms with Crippen molar-refractivity contribution in [2.75, 3.05) is 10.2 Å². The van der Waals surface area contributed by atoms with Gasteiger partial charge in [-0.25, -0.2) is 9.29 Å². The molecule has 3 heterocycles. The number of carbonyl (C=O) groups is 3. The molecule has 3 aliphatic heterocycles. The van der Waals surface area contributed by atoms with Crippen LogP contribution in [0.25, 0.3) is 0 Å². The third-order valence-corrected chi connectivity index (χ3v) is 7.01. The summed E-state index contributed by atoms with van der Waals surface area (Å²) in [6.45, 7) is 0. The van der Waals surface area contributed by atoms with E-state index in [2.05, 4.69) is 10.6 Å². The van der Waals surface area contributed by atoms with Crippen LogP contribution in [0.4, 0.5) is 15.8 Å². The van der Waals surface area contributed by atoms with Crippen molar-refractivity contribution in [1.29, 1.82) is 0 Å². The highest BCUT2D eigenvalue weighted by molar-refractivity contribution is 6.25. The minimum absolute atomic E-state index is 0.307. The molecule has 2 fully saturated rings. The number of halogens is 1. The molecule has 0 aromatic heterocycles. The fourth-order valence-corrected chi connectivity index (χ4v) is 5.65. The molecule has 3 aromatic carbocycles. The second kappa shape index (κ2) is 7.08. The maximum atomic E-state index is 13.8. The Balaban J connectivity index is 1.49. The Labute approximate surface area is 189 Å². The van der Waals surface area contributed by atoms with Gasteiger partial charge < -0.3 is 5.32 Å². The molecule has 0 saturated carbocycles. The third kappa shape index (κ3) is 2.72. The zero-order chi connectivity index (χ0) is 22.7. The molecule has 7 heteroatoms. The van der Waals surface area contributed by atoms with E-state index in [0.29, 0.717) is 23.4 Å². The van der Waals surface area contributed by atoms with Crippen molar-refractivity contribution >= 4 is 29.1 Å². The van der Waals surface area contributed by atoms with E-state index in [0.717, 1.165) is 10.5 Å². The van der Waals surface area contributed by atoms with Crippen LogP contribution in [0.2, 0.25) is 0 Å². The number of hydrogen-bond acceptors (Lipinski definition) is 4. The van der Waals surface area contributed by atoms with Gasteiger partial charge in [0.15, 0.2) is 0 Å². The lowest BCUT2D eigenvalue weighted by molar-refractivity contribution is -0.130. The summed E-state index contributed by atoms with van der Waals surface area (Å²) in [4.78, 5) is 42.0. The molecule has 6 rings (SSSR count). The van der Waals surface area contributed by atoms with Crippen molar-refractivity contribution in [1.82, 2.24) is 5.32 Å². The summed E-state index contributed by atoms with van der Waals surface area (Å²) in [5.74, 6) is -3.27. The van der Waals surface area contributed by atoms with Crippen LogP contribution >= 0.6 is 0 Å². The number of rotatable bonds is 3. The van der Waals surface area contributed by atoms with Crippen molar-refractivity contribution in [2.24, 2.45) is 11.8 Å². The molecule has 3 aliphatic rings. The lowest BCUT2D eigenvalue weighted by Crippen LogP contribution is -2.53. The lowest BCUT2D eigenvalue weighted by Gasteiger charge is -2.29. The number of nitrogens with zero attached hydrogens (tertiary/aromatic N) is 1. The zero-order valence-electron chi connectivity index (χ0n) is 17.5. The van der Waals surface area contributed by atoms with Gasteiger partial charge in [0.05, 0.1) is 17.5 Å². The second-order valence-corrected chi connectivity index (χ2v) is 8.74. The quantitative estimate of drug-likeness (QED) is 0.613. The minimum Gasteiger partial charge on any atom is -0.324 e. The van der Waals surface area contributed by atoms with Gasteiger partial charge in [-0.15, -0.1) is 0 Å². The highest BCUT2D eigenvalue weighted by Crippen LogP contribution is 2.53. The Morgan fingerprint density at radius 1 is 0.848 bits per heavy atom. The fraction of sp³-hybridized carbons (Fsp3) is 0.192. The van der Waals surface area contributed by atoms with Crippen LogP contribution < -0.4 is 15.5 Å². The first kappa shape index (κ1) is 19.8. The number of imide groups is 1. The van der Waals surface area contributed by atoms with E-state index in [1.54, 1.807) is 6.07 Å². The average molecular weight is 441 g/mol. The predicted octanol–water partition coefficient (Wildman–Crippen LogP) is 2.99. The maximum Gasteiger partial charge on any atom is 0.250 e. The van der Waals surface area contributed by atoms with Crippen LogP contribution in [0.5, 0.6) is 0 Å². The van der Waals surface area contributed by atoms with Crippen LogP contribution in [-0.4, -0.2) is 23.8 Å². The summed E-state index contributed by atoms with van der Waals surface area (Å²) in [6, 6.07) is 21.8. The highest BCUT2D eigenvalue weighted by Gasteiger charge is 2.70. The van der Waals surface area contributed by atoms with Crippen molar-refractivity contribution in [3.63, 3.8) is 0 Å². The topological polar surface area (TPSA) is 78.5 Å². The number of para-hydroxylation sites is 1. The molecule has 2 N–H and O–H groups in total. The summed E-state index contributed by atoms with van der Waals surface area (Å²) in [7, 11) is 0. The van der Waals surface area contributed by atoms with Crippen LogP contribution in [-0.2, 0) is 26.3 Å². The van der Waals surface area contributed by atoms with Crippen molar-refractivity contribution in [3.05, 3.63) is 95.8 Å². The molecular formula is C26H20FN3O3. The van der Waals surface area contributed by atoms with Crippen molar-refractivity contribution < 1.29 is 18.8 Å². The first-order valence-corrected chi connectivity index (χ1v) is 10.9. The predicted molar refractivity (Wildman–Crippen MR) is 120 cm³/mol. The van der Waals surface area contributed by atoms with E-state index in [1.165, 1.54) is 24.3 Å². The summed E-state index contributed by atoms with van der Waals surface area (Å²) in [5.41, 5.74) is 1.26. The number of hydrogen-bond donors (Lipinski definition) is 2. The van der Waals surface area contributed by atoms with Gasteiger partial charge in [0, 0.05) is 17.3 Å². The molecule has 6 nitrogen and oxygen atoms in total. The van der Waals surface area contributed by atoms with Gasteiger partial charge in [0.25, 0.3) is 0 Å². The lowest BCUT2D eigenvalue weighted by atomic mass is 9.76. The first-order valence-electron chi connectivity index (χ1n) is 10.9. The minimum atomic E-state index is -1.35. The average Bonchev–Trinajstić information content (AvgIpc) is 3.40. The zero-order valence-corrected chi connectivity index (χ0v) is 17.5. The summed E-state index contributed by atoms with van der Waals surface area (Å²) in [5, 5.41) is 6.32. The van der Waals surface area contributed by atoms with E-state index in [9.17, 15) is 18.8 Å². The van der Waals surface area contributed by atoms with Gasteiger partial charge in [0.2, 0.25) is 17.7 Å². The Kier molecular flexibility index (Phi) is 4.25. The molecule has 2 saturated heterocycles. The number of carbonyl (C=O) groups excluding carboxylic acids is 3. The molecule has 0 aliphatic carbocycles. The summed E-state index contributed by atoms with van der Waals surface area (Å²) < 4.78 is 13.5. The molecule has 4 atom stereocenters. The molecule has 33 heavy (non-hydrogen) atoms. The van der Waals surface area contributed by atoms with Crippen LogP contribution in [0.3, 0.4) is 0 Å². The Morgan fingerprint density at radius 2 is 1.55 bits per heavy atom. The number of benzene rings is 3. The largest absolute Gasteiger partial charge is 0.324 e. The van der Waals surface area contributed by atoms with Gasteiger partial charge in [-0.1, -0.05) is 48.5 Å². The second-order valence-electron chi connectivity index (χ2n) is 8.74. The summed E-state index contributed by atoms with van der Waals surface area (Å²) >= 11 is 0. The fourth-order valence-electron chi connectivity index (χ4n) is 5.65. The number of fused-ring (bicyclic) bond motifs is 4. The van der Waals surface area contributed by atoms with Crippen LogP contribution in [0, 0.1) is 17.7 Å². The van der Waals surface area contributed by atoms with Gasteiger partial charge in [-0.3, -0.25) is 19.7 Å². The Bertz CT molecular complexity index is 1290. The number of nitrogens with one attached hydrogen (secondary N) is 2. The highest BCUT2D eigenvalue weighted by atomic mass is 19.1. The number of anilines is 2. The monoisotopic (exact) mass is 441 g/mol. The van der Waals surface area contributed by atoms with E-state index in [4.69, 9.17) is 0 Å². The molecule has 1 spiro atoms. The smallest absolute Gasteiger partial charge is 0.250 e. The number of amides is 3. The van der Waals surface area contributed by atoms with Crippen LogP contribution in [0.15, 0.2) is 78.9 Å². The van der Waals surface area contributed by atoms with Crippen LogP contribution in [0.1, 0.15) is 11.1 Å². The molecule has 0 bridgehead atoms. The van der Waals surface area contributed by atoms with Gasteiger partial charge in [0.1, 0.15) is 11.4 Å². The van der Waals surface area contributed by atoms with Crippen molar-refractivity contribution in [2.45, 2.75) is 18.0 Å². The normalized spacial score (nSPS) is 27.7. The van der Waals surface area contributed by atoms with Gasteiger partial charge >= 0.3 is 0 Å². The SMILES string of the molecule is O=C1[C@@H]2[C@H](Cc3ccccc3)N[C@@]3(C(=O)Nc4ccccc43)[C@@H]2C(=O)N1c1ccc(F)cc1. The summed E-state index contributed by atoms with van der Waals surface area (Å²) in [6.07, 6.45) is 0.482. The standard InChI is InChI=1S/C26H20FN3O3/c27-16-10-12-17(13-11-16)30-23(31)21-20(14-15-6-2-1-3-7-15)29-26(22(21)24(30)32)18-8-4-5-9-19(18)28-25(26)33/h1-13,20-22,29H,14H2,(H,28,33)/t20-,21+,22-,26+/m0/s1. The Hall–Kier alpha value is -3.84. The third-order valence-electron chi connectivity index (χ3n) is 7.01. The van der Waals surface area contributed by atoms with Crippen molar-refractivity contribution in [3.8, 4) is 0 Å². The van der Waals surface area contributed by atoms with Gasteiger partial charge in [-0.2, -0.15) is 0 Å². The van der Waals surface area contributed by atoms with E-state index in [-0.39, 0.29) is 11.8 Å². The Morgan fingerprint density at radius 3 is 2.30 bits per heavy atom. The van der Waals surface area contributed by atoms with E-state index >= 15 is 0 Å². The molecule has 3 amide bonds. The molecule has 3 aromatic rings. The molecule has 0 unspecified atom stereocenters. The first-order chi connectivity index (χ1) is 16.0. The van der Waals surface area contributed by atoms with E-state index < -0.39 is 35.1 Å². The molecular weight excluding hydrogens is 421 g/mol.